The van der Waals surface area contributed by atoms with Crippen molar-refractivity contribution in [3.05, 3.63) is 159 Å². The zero-order valence-corrected chi connectivity index (χ0v) is 50.2. The third-order valence-corrected chi connectivity index (χ3v) is 19.6. The van der Waals surface area contributed by atoms with Crippen LogP contribution in [-0.4, -0.2) is 44.3 Å². The van der Waals surface area contributed by atoms with Crippen LogP contribution in [0.4, 0.5) is 0 Å². The molecule has 4 aromatic heterocycles. The first kappa shape index (κ1) is 59.0. The lowest BCUT2D eigenvalue weighted by Gasteiger charge is -2.31. The summed E-state index contributed by atoms with van der Waals surface area (Å²) in [5, 5.41) is 32.8. The largest absolute Gasteiger partial charge is 0.495 e. The Morgan fingerprint density at radius 3 is 0.974 bits per heavy atom. The highest BCUT2D eigenvalue weighted by Gasteiger charge is 2.46. The van der Waals surface area contributed by atoms with Crippen molar-refractivity contribution in [2.75, 3.05) is 34.0 Å². The molecule has 0 amide bonds. The maximum atomic E-state index is 14.4. The first-order chi connectivity index (χ1) is 38.2. The van der Waals surface area contributed by atoms with Crippen LogP contribution in [0.25, 0.3) is 28.9 Å². The molecule has 416 valence electrons. The molecule has 78 heavy (non-hydrogen) atoms. The number of ether oxygens (including phenoxy) is 5. The van der Waals surface area contributed by atoms with E-state index in [-0.39, 0.29) is 0 Å². The van der Waals surface area contributed by atoms with Gasteiger partial charge in [-0.3, -0.25) is 0 Å². The van der Waals surface area contributed by atoms with E-state index in [0.717, 1.165) is 101 Å². The Labute approximate surface area is 481 Å². The van der Waals surface area contributed by atoms with Crippen LogP contribution in [-0.2, 0) is 11.2 Å². The molecule has 1 unspecified atom stereocenters. The van der Waals surface area contributed by atoms with Crippen molar-refractivity contribution in [2.24, 2.45) is 0 Å². The van der Waals surface area contributed by atoms with Crippen molar-refractivity contribution in [1.29, 1.82) is 0 Å². The van der Waals surface area contributed by atoms with Gasteiger partial charge < -0.3 is 33.9 Å². The van der Waals surface area contributed by atoms with Gasteiger partial charge in [0.05, 0.1) is 62.9 Å². The van der Waals surface area contributed by atoms with Gasteiger partial charge in [0.2, 0.25) is 0 Å². The average molecular weight is 1130 g/mol. The molecule has 8 rings (SSSR count). The van der Waals surface area contributed by atoms with E-state index in [0.29, 0.717) is 53.6 Å². The number of thiophene rings is 4. The third kappa shape index (κ3) is 13.9. The minimum Gasteiger partial charge on any atom is -0.495 e. The number of methoxy groups -OCH3 is 2. The lowest BCUT2D eigenvalue weighted by Crippen LogP contribution is -2.29. The van der Waals surface area contributed by atoms with Gasteiger partial charge in [-0.1, -0.05) is 183 Å². The molecule has 0 saturated heterocycles. The molecular weight excluding hydrogens is 1040 g/mol. The lowest BCUT2D eigenvalue weighted by molar-refractivity contribution is 0.127. The topological polar surface area (TPSA) is 86.6 Å². The number of hydrogen-bond donors (Lipinski definition) is 2. The maximum Gasteiger partial charge on any atom is 0.143 e. The second kappa shape index (κ2) is 29.4. The zero-order valence-electron chi connectivity index (χ0n) is 47.0. The summed E-state index contributed by atoms with van der Waals surface area (Å²) in [5.74, 6) is 3.71. The summed E-state index contributed by atoms with van der Waals surface area (Å²) < 4.78 is 33.0. The summed E-state index contributed by atoms with van der Waals surface area (Å²) in [5.41, 5.74) is 1.89. The number of benzene rings is 4. The summed E-state index contributed by atoms with van der Waals surface area (Å²) in [4.78, 5) is 3.51. The molecular formula is C67H82O7S4. The van der Waals surface area contributed by atoms with Crippen LogP contribution in [0, 0.1) is 6.92 Å². The number of unbranched alkanes of at least 4 members (excludes halogenated alkanes) is 15. The van der Waals surface area contributed by atoms with E-state index < -0.39 is 11.2 Å². The van der Waals surface area contributed by atoms with E-state index in [2.05, 4.69) is 39.8 Å². The Hall–Kier alpha value is -5.14. The van der Waals surface area contributed by atoms with Gasteiger partial charge in [-0.2, -0.15) is 0 Å². The molecule has 0 fully saturated rings. The van der Waals surface area contributed by atoms with Crippen LogP contribution < -0.4 is 23.7 Å². The number of aryl methyl sites for hydroxylation is 1. The van der Waals surface area contributed by atoms with E-state index in [1.54, 1.807) is 59.6 Å². The summed E-state index contributed by atoms with van der Waals surface area (Å²) in [7, 11) is 3.40. The van der Waals surface area contributed by atoms with E-state index in [1.165, 1.54) is 77.0 Å². The van der Waals surface area contributed by atoms with Crippen LogP contribution >= 0.6 is 45.3 Å². The smallest absolute Gasteiger partial charge is 0.143 e. The highest BCUT2D eigenvalue weighted by atomic mass is 32.1. The van der Waals surface area contributed by atoms with Gasteiger partial charge >= 0.3 is 0 Å². The van der Waals surface area contributed by atoms with Crippen molar-refractivity contribution in [3.63, 3.8) is 0 Å². The monoisotopic (exact) mass is 1130 g/mol. The molecule has 0 saturated carbocycles. The molecule has 2 N–H and O–H groups in total. The number of hydrogen-bond acceptors (Lipinski definition) is 11. The fourth-order valence-corrected chi connectivity index (χ4v) is 15.6. The van der Waals surface area contributed by atoms with Crippen LogP contribution in [0.5, 0.6) is 28.7 Å². The molecule has 0 spiro atoms. The summed E-state index contributed by atoms with van der Waals surface area (Å²) in [6.07, 6.45) is 21.3. The minimum atomic E-state index is -1.73. The Morgan fingerprint density at radius 2 is 0.667 bits per heavy atom. The van der Waals surface area contributed by atoms with Crippen LogP contribution in [0.15, 0.2) is 120 Å². The average Bonchev–Trinajstić information content (AvgIpc) is 4.13. The van der Waals surface area contributed by atoms with Crippen molar-refractivity contribution in [2.45, 2.75) is 154 Å². The van der Waals surface area contributed by atoms with Gasteiger partial charge in [-0.15, -0.1) is 45.3 Å². The number of fused-ring (bicyclic) bond motifs is 1. The molecule has 7 nitrogen and oxygen atoms in total. The van der Waals surface area contributed by atoms with Gasteiger partial charge in [0.1, 0.15) is 39.9 Å². The normalized spacial score (nSPS) is 12.5. The summed E-state index contributed by atoms with van der Waals surface area (Å²) in [6, 6.07) is 36.2. The second-order valence-corrected chi connectivity index (χ2v) is 24.5. The van der Waals surface area contributed by atoms with Crippen molar-refractivity contribution in [3.8, 4) is 48.3 Å². The quantitative estimate of drug-likeness (QED) is 0.0389. The highest BCUT2D eigenvalue weighted by molar-refractivity contribution is 7.34. The van der Waals surface area contributed by atoms with Gasteiger partial charge in [0, 0.05) is 11.1 Å². The Kier molecular flexibility index (Phi) is 22.2. The maximum absolute atomic E-state index is 14.4. The molecule has 0 aliphatic carbocycles. The van der Waals surface area contributed by atoms with Crippen LogP contribution in [0.2, 0.25) is 0 Å². The second-order valence-electron chi connectivity index (χ2n) is 20.6. The molecule has 0 bridgehead atoms. The molecule has 11 heteroatoms. The Balaban J connectivity index is 1.31. The Bertz CT molecular complexity index is 2960. The van der Waals surface area contributed by atoms with Crippen molar-refractivity contribution < 1.29 is 33.9 Å². The fraction of sp³-hybridized carbons (Fsp3) is 0.433. The zero-order chi connectivity index (χ0) is 54.7. The third-order valence-electron chi connectivity index (χ3n) is 14.9. The van der Waals surface area contributed by atoms with E-state index >= 15 is 0 Å². The number of rotatable bonds is 34. The van der Waals surface area contributed by atoms with E-state index in [9.17, 15) is 10.2 Å². The number of aliphatic hydroxyl groups is 2. The van der Waals surface area contributed by atoms with Gasteiger partial charge in [-0.05, 0) is 108 Å². The molecule has 8 aromatic rings. The highest BCUT2D eigenvalue weighted by Crippen LogP contribution is 2.61. The van der Waals surface area contributed by atoms with Crippen molar-refractivity contribution >= 4 is 54.7 Å². The SMILES string of the molecule is CCCCCCCCOc1ccc(C(O)(c2ccc(C)cc2)c2c(-c3sccc3OC)sc3c(C(O)(c4ccc(OCCCCCCCC)cc4)c4ccc(OCCCCCCCC)cc4)c(-c4sccc4OC)sc23)cc1. The summed E-state index contributed by atoms with van der Waals surface area (Å²) in [6.45, 7) is 10.7. The first-order valence-corrected chi connectivity index (χ1v) is 32.1. The molecule has 0 radical (unpaired) electrons. The standard InChI is InChI=1S/C67H82O7S4/c1-7-10-13-16-19-22-43-72-53-35-29-50(30-36-53)66(68,49-27-25-48(4)26-28-49)58-62(60-56(70-5)41-46-75-60)77-65-59(63(78-64(58)65)61-57(71-6)42-47-76-61)67(69,51-31-37-54(38-32-51)73-44-23-20-17-14-11-8-2)52-33-39-55(40-34-52)74-45-24-21-18-15-12-9-3/h25-42,46-47,68-69H,7-24,43-45H2,1-6H3. The fourth-order valence-electron chi connectivity index (χ4n) is 10.5. The van der Waals surface area contributed by atoms with E-state index in [1.807, 2.05) is 108 Å². The summed E-state index contributed by atoms with van der Waals surface area (Å²) >= 11 is 6.33. The molecule has 4 aromatic carbocycles. The van der Waals surface area contributed by atoms with E-state index in [4.69, 9.17) is 23.7 Å². The van der Waals surface area contributed by atoms with Crippen LogP contribution in [0.3, 0.4) is 0 Å². The van der Waals surface area contributed by atoms with Crippen LogP contribution in [0.1, 0.15) is 175 Å². The molecule has 0 aliphatic heterocycles. The molecule has 0 aliphatic rings. The predicted octanol–water partition coefficient (Wildman–Crippen LogP) is 19.5. The Morgan fingerprint density at radius 1 is 0.372 bits per heavy atom. The first-order valence-electron chi connectivity index (χ1n) is 28.7. The minimum absolute atomic E-state index is 0.634. The van der Waals surface area contributed by atoms with Gasteiger partial charge in [0.25, 0.3) is 0 Å². The van der Waals surface area contributed by atoms with Crippen molar-refractivity contribution in [1.82, 2.24) is 0 Å². The van der Waals surface area contributed by atoms with Gasteiger partial charge in [-0.25, -0.2) is 0 Å². The van der Waals surface area contributed by atoms with Gasteiger partial charge in [0.15, 0.2) is 0 Å². The lowest BCUT2D eigenvalue weighted by atomic mass is 9.78. The molecule has 1 atom stereocenters. The predicted molar refractivity (Wildman–Crippen MR) is 331 cm³/mol. The molecule has 4 heterocycles.